The lowest BCUT2D eigenvalue weighted by atomic mass is 10.0. The summed E-state index contributed by atoms with van der Waals surface area (Å²) in [4.78, 5) is 0. The van der Waals surface area contributed by atoms with Crippen LogP contribution < -0.4 is 4.74 Å². The average molecular weight is 313 g/mol. The number of benzene rings is 1. The Kier molecular flexibility index (Phi) is 7.06. The van der Waals surface area contributed by atoms with Crippen LogP contribution in [-0.4, -0.2) is 12.2 Å². The highest BCUT2D eigenvalue weighted by Gasteiger charge is 2.12. The van der Waals surface area contributed by atoms with E-state index in [1.165, 1.54) is 0 Å². The SMILES string of the molecule is C=CCCCCCC(O)c1cc(OC)ccc1Br. The molecule has 0 saturated carbocycles. The van der Waals surface area contributed by atoms with Gasteiger partial charge >= 0.3 is 0 Å². The molecule has 0 saturated heterocycles. The quantitative estimate of drug-likeness (QED) is 0.560. The second kappa shape index (κ2) is 8.33. The van der Waals surface area contributed by atoms with Gasteiger partial charge in [0.1, 0.15) is 5.75 Å². The van der Waals surface area contributed by atoms with Crippen molar-refractivity contribution in [1.82, 2.24) is 0 Å². The molecule has 18 heavy (non-hydrogen) atoms. The fourth-order valence-corrected chi connectivity index (χ4v) is 2.37. The highest BCUT2D eigenvalue weighted by Crippen LogP contribution is 2.30. The van der Waals surface area contributed by atoms with E-state index in [9.17, 15) is 5.11 Å². The van der Waals surface area contributed by atoms with Crippen LogP contribution in [0.5, 0.6) is 5.75 Å². The normalized spacial score (nSPS) is 12.2. The zero-order valence-electron chi connectivity index (χ0n) is 10.9. The Morgan fingerprint density at radius 1 is 1.39 bits per heavy atom. The van der Waals surface area contributed by atoms with Crippen molar-refractivity contribution in [3.05, 3.63) is 40.9 Å². The van der Waals surface area contributed by atoms with E-state index in [1.807, 2.05) is 24.3 Å². The molecule has 1 unspecified atom stereocenters. The summed E-state index contributed by atoms with van der Waals surface area (Å²) >= 11 is 3.47. The Hall–Kier alpha value is -0.800. The molecule has 0 aliphatic heterocycles. The lowest BCUT2D eigenvalue weighted by Crippen LogP contribution is -1.99. The molecule has 100 valence electrons. The molecule has 0 aliphatic rings. The monoisotopic (exact) mass is 312 g/mol. The Labute approximate surface area is 118 Å². The first-order valence-corrected chi connectivity index (χ1v) is 7.10. The number of rotatable bonds is 8. The second-order valence-corrected chi connectivity index (χ2v) is 5.18. The molecule has 0 aromatic heterocycles. The van der Waals surface area contributed by atoms with Crippen LogP contribution in [0.4, 0.5) is 0 Å². The van der Waals surface area contributed by atoms with Crippen LogP contribution in [0.25, 0.3) is 0 Å². The van der Waals surface area contributed by atoms with Crippen molar-refractivity contribution in [2.75, 3.05) is 7.11 Å². The fourth-order valence-electron chi connectivity index (χ4n) is 1.86. The van der Waals surface area contributed by atoms with Crippen molar-refractivity contribution in [3.63, 3.8) is 0 Å². The molecule has 0 heterocycles. The lowest BCUT2D eigenvalue weighted by molar-refractivity contribution is 0.162. The molecule has 2 nitrogen and oxygen atoms in total. The number of hydrogen-bond donors (Lipinski definition) is 1. The second-order valence-electron chi connectivity index (χ2n) is 4.33. The smallest absolute Gasteiger partial charge is 0.119 e. The van der Waals surface area contributed by atoms with Crippen molar-refractivity contribution < 1.29 is 9.84 Å². The predicted molar refractivity (Wildman–Crippen MR) is 78.9 cm³/mol. The molecule has 0 bridgehead atoms. The molecule has 0 radical (unpaired) electrons. The van der Waals surface area contributed by atoms with Gasteiger partial charge in [-0.25, -0.2) is 0 Å². The van der Waals surface area contributed by atoms with Crippen LogP contribution in [0.3, 0.4) is 0 Å². The molecule has 0 amide bonds. The van der Waals surface area contributed by atoms with Crippen molar-refractivity contribution in [3.8, 4) is 5.75 Å². The first-order chi connectivity index (χ1) is 8.69. The summed E-state index contributed by atoms with van der Waals surface area (Å²) in [5, 5.41) is 10.2. The summed E-state index contributed by atoms with van der Waals surface area (Å²) in [6, 6.07) is 5.68. The maximum absolute atomic E-state index is 10.2. The number of aliphatic hydroxyl groups excluding tert-OH is 1. The summed E-state index contributed by atoms with van der Waals surface area (Å²) in [6.07, 6.45) is 6.65. The van der Waals surface area contributed by atoms with E-state index in [2.05, 4.69) is 22.5 Å². The minimum absolute atomic E-state index is 0.432. The van der Waals surface area contributed by atoms with Crippen LogP contribution in [0.1, 0.15) is 43.8 Å². The van der Waals surface area contributed by atoms with E-state index in [0.29, 0.717) is 0 Å². The summed E-state index contributed by atoms with van der Waals surface area (Å²) in [6.45, 7) is 3.70. The molecule has 1 N–H and O–H groups in total. The zero-order chi connectivity index (χ0) is 13.4. The number of aliphatic hydroxyl groups is 1. The summed E-state index contributed by atoms with van der Waals surface area (Å²) < 4.78 is 6.11. The van der Waals surface area contributed by atoms with Crippen LogP contribution in [-0.2, 0) is 0 Å². The fraction of sp³-hybridized carbons (Fsp3) is 0.467. The summed E-state index contributed by atoms with van der Waals surface area (Å²) in [7, 11) is 1.63. The molecule has 0 aliphatic carbocycles. The number of allylic oxidation sites excluding steroid dienone is 1. The third-order valence-corrected chi connectivity index (χ3v) is 3.67. The Morgan fingerprint density at radius 2 is 2.17 bits per heavy atom. The number of ether oxygens (including phenoxy) is 1. The predicted octanol–water partition coefficient (Wildman–Crippen LogP) is 4.63. The first kappa shape index (κ1) is 15.3. The van der Waals surface area contributed by atoms with E-state index in [1.54, 1.807) is 7.11 Å². The maximum atomic E-state index is 10.2. The Morgan fingerprint density at radius 3 is 2.83 bits per heavy atom. The van der Waals surface area contributed by atoms with Crippen LogP contribution in [0.2, 0.25) is 0 Å². The number of unbranched alkanes of at least 4 members (excludes halogenated alkanes) is 3. The minimum atomic E-state index is -0.432. The minimum Gasteiger partial charge on any atom is -0.497 e. The highest BCUT2D eigenvalue weighted by molar-refractivity contribution is 9.10. The number of hydrogen-bond acceptors (Lipinski definition) is 2. The van der Waals surface area contributed by atoms with Gasteiger partial charge in [-0.2, -0.15) is 0 Å². The standard InChI is InChI=1S/C15H21BrO2/c1-3-4-5-6-7-8-15(17)13-11-12(18-2)9-10-14(13)16/h3,9-11,15,17H,1,4-8H2,2H3. The molecular weight excluding hydrogens is 292 g/mol. The molecular formula is C15H21BrO2. The van der Waals surface area contributed by atoms with E-state index in [0.717, 1.165) is 47.9 Å². The van der Waals surface area contributed by atoms with Crippen molar-refractivity contribution >= 4 is 15.9 Å². The summed E-state index contributed by atoms with van der Waals surface area (Å²) in [5.41, 5.74) is 0.901. The zero-order valence-corrected chi connectivity index (χ0v) is 12.4. The van der Waals surface area contributed by atoms with Crippen molar-refractivity contribution in [2.45, 2.75) is 38.2 Å². The molecule has 0 spiro atoms. The topological polar surface area (TPSA) is 29.5 Å². The van der Waals surface area contributed by atoms with Gasteiger partial charge in [-0.3, -0.25) is 0 Å². The lowest BCUT2D eigenvalue weighted by Gasteiger charge is -2.14. The van der Waals surface area contributed by atoms with Gasteiger partial charge in [0.2, 0.25) is 0 Å². The Bertz CT molecular complexity index is 377. The van der Waals surface area contributed by atoms with E-state index >= 15 is 0 Å². The average Bonchev–Trinajstić information content (AvgIpc) is 2.39. The first-order valence-electron chi connectivity index (χ1n) is 6.31. The highest BCUT2D eigenvalue weighted by atomic mass is 79.9. The largest absolute Gasteiger partial charge is 0.497 e. The molecule has 1 rings (SSSR count). The number of halogens is 1. The van der Waals surface area contributed by atoms with Crippen LogP contribution in [0.15, 0.2) is 35.3 Å². The van der Waals surface area contributed by atoms with Gasteiger partial charge < -0.3 is 9.84 Å². The van der Waals surface area contributed by atoms with E-state index < -0.39 is 6.10 Å². The third kappa shape index (κ3) is 4.83. The van der Waals surface area contributed by atoms with Gasteiger partial charge in [-0.1, -0.05) is 34.8 Å². The van der Waals surface area contributed by atoms with Crippen molar-refractivity contribution in [1.29, 1.82) is 0 Å². The van der Waals surface area contributed by atoms with Gasteiger partial charge in [0.05, 0.1) is 13.2 Å². The maximum Gasteiger partial charge on any atom is 0.119 e. The molecule has 1 aromatic carbocycles. The van der Waals surface area contributed by atoms with E-state index in [4.69, 9.17) is 4.74 Å². The van der Waals surface area contributed by atoms with Crippen molar-refractivity contribution in [2.24, 2.45) is 0 Å². The van der Waals surface area contributed by atoms with Gasteiger partial charge in [-0.15, -0.1) is 6.58 Å². The van der Waals surface area contributed by atoms with E-state index in [-0.39, 0.29) is 0 Å². The van der Waals surface area contributed by atoms with Gasteiger partial charge in [0, 0.05) is 4.47 Å². The van der Waals surface area contributed by atoms with Gasteiger partial charge in [0.25, 0.3) is 0 Å². The van der Waals surface area contributed by atoms with Gasteiger partial charge in [0.15, 0.2) is 0 Å². The molecule has 1 aromatic rings. The Balaban J connectivity index is 2.49. The van der Waals surface area contributed by atoms with Crippen LogP contribution >= 0.6 is 15.9 Å². The van der Waals surface area contributed by atoms with Crippen LogP contribution in [0, 0.1) is 0 Å². The molecule has 3 heteroatoms. The number of methoxy groups -OCH3 is 1. The summed E-state index contributed by atoms with van der Waals surface area (Å²) in [5.74, 6) is 0.777. The molecule has 0 fully saturated rings. The molecule has 1 atom stereocenters. The third-order valence-electron chi connectivity index (χ3n) is 2.95. The van der Waals surface area contributed by atoms with Gasteiger partial charge in [-0.05, 0) is 43.0 Å².